The van der Waals surface area contributed by atoms with E-state index in [0.717, 1.165) is 70.6 Å². The van der Waals surface area contributed by atoms with E-state index in [2.05, 4.69) is 86.8 Å². The summed E-state index contributed by atoms with van der Waals surface area (Å²) in [5.74, 6) is -0.629. The normalized spacial score (nSPS) is 13.9. The number of unbranched alkanes of at least 4 members (excludes halogenated alkanes) is 23. The molecule has 0 bridgehead atoms. The molecule has 0 aliphatic heterocycles. The number of rotatable bonds is 45. The smallest absolute Gasteiger partial charge is 0.306 e. The third kappa shape index (κ3) is 43.7. The van der Waals surface area contributed by atoms with Crippen LogP contribution in [0.5, 0.6) is 0 Å². The summed E-state index contributed by atoms with van der Waals surface area (Å²) in [6.45, 7) is 6.33. The molecule has 0 rings (SSSR count). The predicted octanol–water partition coefficient (Wildman–Crippen LogP) is 15.4. The molecule has 0 aromatic carbocycles. The van der Waals surface area contributed by atoms with Gasteiger partial charge in [0.15, 0.2) is 0 Å². The molecule has 61 heavy (non-hydrogen) atoms. The zero-order valence-corrected chi connectivity index (χ0v) is 40.0. The maximum absolute atomic E-state index is 13.2. The Bertz CT molecular complexity index is 1140. The van der Waals surface area contributed by atoms with Crippen molar-refractivity contribution >= 4 is 11.9 Å². The summed E-state index contributed by atoms with van der Waals surface area (Å²) in [5.41, 5.74) is 0. The average molecular weight is 852 g/mol. The number of hydrogen-bond donors (Lipinski definition) is 3. The highest BCUT2D eigenvalue weighted by Crippen LogP contribution is 2.16. The summed E-state index contributed by atoms with van der Waals surface area (Å²) < 4.78 is 5.81. The Morgan fingerprint density at radius 2 is 0.852 bits per heavy atom. The highest BCUT2D eigenvalue weighted by molar-refractivity contribution is 5.78. The molecule has 0 aliphatic carbocycles. The molecule has 0 aromatic heterocycles. The molecule has 0 aliphatic rings. The number of aliphatic hydroxyl groups excluding tert-OH is 2. The van der Waals surface area contributed by atoms with Crippen molar-refractivity contribution in [2.45, 2.75) is 257 Å². The van der Waals surface area contributed by atoms with Gasteiger partial charge in [-0.15, -0.1) is 0 Å². The lowest BCUT2D eigenvalue weighted by molar-refractivity contribution is -0.148. The fourth-order valence-electron chi connectivity index (χ4n) is 7.43. The second-order valence-electron chi connectivity index (χ2n) is 17.2. The van der Waals surface area contributed by atoms with E-state index >= 15 is 0 Å². The van der Waals surface area contributed by atoms with E-state index < -0.39 is 18.2 Å². The van der Waals surface area contributed by atoms with Gasteiger partial charge in [-0.2, -0.15) is 0 Å². The number of carbonyl (C=O) groups excluding carboxylic acids is 2. The van der Waals surface area contributed by atoms with Crippen LogP contribution in [0, 0.1) is 0 Å². The van der Waals surface area contributed by atoms with E-state index in [1.54, 1.807) is 6.08 Å². The van der Waals surface area contributed by atoms with E-state index in [1.807, 2.05) is 6.08 Å². The number of nitrogens with one attached hydrogen (secondary N) is 1. The van der Waals surface area contributed by atoms with Crippen molar-refractivity contribution in [2.75, 3.05) is 6.61 Å². The lowest BCUT2D eigenvalue weighted by Gasteiger charge is -2.23. The maximum atomic E-state index is 13.2. The Labute approximate surface area is 377 Å². The summed E-state index contributed by atoms with van der Waals surface area (Å²) in [6, 6.07) is -0.743. The fraction of sp³-hybridized carbons (Fsp3) is 0.745. The highest BCUT2D eigenvalue weighted by Gasteiger charge is 2.23. The van der Waals surface area contributed by atoms with Crippen LogP contribution in [0.3, 0.4) is 0 Å². The molecular weight excluding hydrogens is 755 g/mol. The number of carbonyl (C=O) groups is 2. The molecule has 0 spiro atoms. The highest BCUT2D eigenvalue weighted by atomic mass is 16.5. The third-order valence-corrected chi connectivity index (χ3v) is 11.3. The van der Waals surface area contributed by atoms with Crippen LogP contribution in [0.2, 0.25) is 0 Å². The van der Waals surface area contributed by atoms with Crippen LogP contribution < -0.4 is 5.32 Å². The third-order valence-electron chi connectivity index (χ3n) is 11.3. The molecule has 6 heteroatoms. The summed E-state index contributed by atoms with van der Waals surface area (Å²) >= 11 is 0. The second-order valence-corrected chi connectivity index (χ2v) is 17.2. The molecule has 3 atom stereocenters. The van der Waals surface area contributed by atoms with Crippen molar-refractivity contribution in [1.82, 2.24) is 5.32 Å². The molecule has 0 saturated carbocycles. The van der Waals surface area contributed by atoms with Crippen molar-refractivity contribution in [3.63, 3.8) is 0 Å². The average Bonchev–Trinajstić information content (AvgIpc) is 3.25. The minimum atomic E-state index is -0.820. The minimum absolute atomic E-state index is 0.0474. The number of aliphatic hydroxyl groups is 2. The minimum Gasteiger partial charge on any atom is -0.458 e. The molecule has 1 amide bonds. The van der Waals surface area contributed by atoms with Crippen molar-refractivity contribution < 1.29 is 24.5 Å². The van der Waals surface area contributed by atoms with Crippen LogP contribution in [0.15, 0.2) is 72.9 Å². The first-order chi connectivity index (χ1) is 30.0. The zero-order valence-electron chi connectivity index (χ0n) is 40.0. The van der Waals surface area contributed by atoms with Gasteiger partial charge in [0.25, 0.3) is 0 Å². The molecule has 352 valence electrons. The molecule has 0 radical (unpaired) electrons. The van der Waals surface area contributed by atoms with E-state index in [4.69, 9.17) is 4.74 Å². The molecular formula is C55H97NO5. The molecule has 3 N–H and O–H groups in total. The van der Waals surface area contributed by atoms with Gasteiger partial charge in [-0.05, 0) is 57.4 Å². The standard InChI is InChI=1S/C55H97NO5/c1-4-7-10-13-16-19-22-24-26-27-28-29-32-34-37-40-43-46-51(61-55(60)48-45-42-39-36-31-21-18-15-12-9-6-3)49-54(59)56-52(50-57)53(58)47-44-41-38-35-33-30-25-23-20-17-14-11-8-5-2/h7,10,16,19,24,26,28-29,34,37,43,46,51-53,57-58H,4-6,8-9,11-15,17-18,20-23,25,27,30-33,35-36,38-42,44-45,47-50H2,1-3H3,(H,56,59)/b10-7-,19-16-,26-24-,29-28-,37-34-,46-43-. The molecule has 0 aromatic rings. The number of allylic oxidation sites excluding steroid dienone is 11. The van der Waals surface area contributed by atoms with Gasteiger partial charge >= 0.3 is 5.97 Å². The number of ether oxygens (including phenoxy) is 1. The first-order valence-electron chi connectivity index (χ1n) is 25.7. The first-order valence-corrected chi connectivity index (χ1v) is 25.7. The van der Waals surface area contributed by atoms with Gasteiger partial charge in [-0.1, -0.05) is 242 Å². The van der Waals surface area contributed by atoms with Crippen molar-refractivity contribution in [2.24, 2.45) is 0 Å². The zero-order chi connectivity index (χ0) is 44.5. The van der Waals surface area contributed by atoms with Gasteiger partial charge in [-0.3, -0.25) is 9.59 Å². The predicted molar refractivity (Wildman–Crippen MR) is 264 cm³/mol. The summed E-state index contributed by atoms with van der Waals surface area (Å²) in [4.78, 5) is 26.0. The lowest BCUT2D eigenvalue weighted by Crippen LogP contribution is -2.46. The van der Waals surface area contributed by atoms with Crippen LogP contribution in [0.4, 0.5) is 0 Å². The van der Waals surface area contributed by atoms with Crippen LogP contribution in [0.25, 0.3) is 0 Å². The van der Waals surface area contributed by atoms with Crippen molar-refractivity contribution in [3.05, 3.63) is 72.9 Å². The largest absolute Gasteiger partial charge is 0.458 e. The first kappa shape index (κ1) is 58.3. The van der Waals surface area contributed by atoms with Gasteiger partial charge in [-0.25, -0.2) is 0 Å². The molecule has 0 fully saturated rings. The van der Waals surface area contributed by atoms with Gasteiger partial charge < -0.3 is 20.3 Å². The summed E-state index contributed by atoms with van der Waals surface area (Å²) in [5, 5.41) is 23.7. The Morgan fingerprint density at radius 1 is 0.492 bits per heavy atom. The van der Waals surface area contributed by atoms with E-state index in [9.17, 15) is 19.8 Å². The van der Waals surface area contributed by atoms with Crippen molar-refractivity contribution in [1.29, 1.82) is 0 Å². The summed E-state index contributed by atoms with van der Waals surface area (Å²) in [7, 11) is 0. The Hall–Kier alpha value is -2.70. The summed E-state index contributed by atoms with van der Waals surface area (Å²) in [6.07, 6.45) is 61.3. The quantitative estimate of drug-likeness (QED) is 0.0322. The van der Waals surface area contributed by atoms with E-state index in [-0.39, 0.29) is 24.9 Å². The van der Waals surface area contributed by atoms with E-state index in [1.165, 1.54) is 122 Å². The topological polar surface area (TPSA) is 95.9 Å². The number of hydrogen-bond acceptors (Lipinski definition) is 5. The molecule has 3 unspecified atom stereocenters. The Morgan fingerprint density at radius 3 is 1.25 bits per heavy atom. The van der Waals surface area contributed by atoms with Crippen molar-refractivity contribution in [3.8, 4) is 0 Å². The van der Waals surface area contributed by atoms with Crippen LogP contribution in [-0.4, -0.2) is 46.9 Å². The van der Waals surface area contributed by atoms with Crippen LogP contribution in [0.1, 0.15) is 239 Å². The fourth-order valence-corrected chi connectivity index (χ4v) is 7.43. The van der Waals surface area contributed by atoms with Crippen LogP contribution in [-0.2, 0) is 14.3 Å². The maximum Gasteiger partial charge on any atom is 0.306 e. The van der Waals surface area contributed by atoms with Gasteiger partial charge in [0.2, 0.25) is 5.91 Å². The van der Waals surface area contributed by atoms with Gasteiger partial charge in [0, 0.05) is 6.42 Å². The Balaban J connectivity index is 4.75. The van der Waals surface area contributed by atoms with Gasteiger partial charge in [0.1, 0.15) is 6.10 Å². The monoisotopic (exact) mass is 852 g/mol. The number of esters is 1. The Kier molecular flexibility index (Phi) is 46.2. The van der Waals surface area contributed by atoms with Crippen LogP contribution >= 0.6 is 0 Å². The SMILES string of the molecule is CC/C=C\C/C=C\C/C=C\C/C=C\C/C=C\C/C=C\C(CC(=O)NC(CO)C(O)CCCCCCCCCCCCCCCC)OC(=O)CCCCCCCCCCCCC. The molecule has 0 heterocycles. The lowest BCUT2D eigenvalue weighted by atomic mass is 10.0. The molecule has 6 nitrogen and oxygen atoms in total. The number of amides is 1. The van der Waals surface area contributed by atoms with Gasteiger partial charge in [0.05, 0.1) is 25.2 Å². The second kappa shape index (κ2) is 48.3. The van der Waals surface area contributed by atoms with E-state index in [0.29, 0.717) is 19.3 Å². The molecule has 0 saturated heterocycles.